The number of hydrogen-bond acceptors (Lipinski definition) is 6. The van der Waals surface area contributed by atoms with Gasteiger partial charge in [-0.3, -0.25) is 14.5 Å². The number of ether oxygens (including phenoxy) is 3. The van der Waals surface area contributed by atoms with Gasteiger partial charge in [0.25, 0.3) is 5.91 Å². The van der Waals surface area contributed by atoms with Gasteiger partial charge in [-0.2, -0.15) is 0 Å². The van der Waals surface area contributed by atoms with Crippen molar-refractivity contribution in [2.75, 3.05) is 18.1 Å². The zero-order valence-electron chi connectivity index (χ0n) is 12.9. The van der Waals surface area contributed by atoms with E-state index in [4.69, 9.17) is 14.2 Å². The number of esters is 2. The van der Waals surface area contributed by atoms with Gasteiger partial charge in [-0.1, -0.05) is 0 Å². The molecule has 1 aliphatic heterocycles. The van der Waals surface area contributed by atoms with E-state index in [2.05, 4.69) is 0 Å². The van der Waals surface area contributed by atoms with Gasteiger partial charge in [-0.25, -0.2) is 9.18 Å². The Morgan fingerprint density at radius 2 is 2.13 bits per heavy atom. The fraction of sp³-hybridized carbons (Fsp3) is 0.400. The van der Waals surface area contributed by atoms with E-state index in [1.807, 2.05) is 0 Å². The highest BCUT2D eigenvalue weighted by Crippen LogP contribution is 2.38. The van der Waals surface area contributed by atoms with Crippen LogP contribution in [0.15, 0.2) is 12.1 Å². The Kier molecular flexibility index (Phi) is 4.83. The Hall–Kier alpha value is -2.64. The van der Waals surface area contributed by atoms with E-state index in [1.54, 1.807) is 6.92 Å². The molecular weight excluding hydrogens is 309 g/mol. The van der Waals surface area contributed by atoms with Gasteiger partial charge < -0.3 is 14.2 Å². The van der Waals surface area contributed by atoms with Crippen molar-refractivity contribution in [3.05, 3.63) is 17.9 Å². The van der Waals surface area contributed by atoms with Crippen LogP contribution in [0.2, 0.25) is 0 Å². The minimum absolute atomic E-state index is 0.0779. The van der Waals surface area contributed by atoms with Crippen molar-refractivity contribution in [3.8, 4) is 11.5 Å². The molecule has 1 heterocycles. The second-order valence-electron chi connectivity index (χ2n) is 4.82. The quantitative estimate of drug-likeness (QED) is 0.615. The van der Waals surface area contributed by atoms with E-state index in [9.17, 15) is 18.8 Å². The molecule has 0 radical (unpaired) electrons. The van der Waals surface area contributed by atoms with Gasteiger partial charge >= 0.3 is 11.9 Å². The minimum Gasteiger partial charge on any atom is -0.481 e. The summed E-state index contributed by atoms with van der Waals surface area (Å²) in [5.74, 6) is -2.89. The zero-order chi connectivity index (χ0) is 17.1. The normalized spacial score (nSPS) is 14.6. The van der Waals surface area contributed by atoms with E-state index in [-0.39, 0.29) is 30.4 Å². The fourth-order valence-corrected chi connectivity index (χ4v) is 2.20. The molecule has 124 valence electrons. The first-order valence-electron chi connectivity index (χ1n) is 6.98. The van der Waals surface area contributed by atoms with Crippen LogP contribution in [0, 0.1) is 5.82 Å². The third-order valence-corrected chi connectivity index (χ3v) is 3.16. The summed E-state index contributed by atoms with van der Waals surface area (Å²) < 4.78 is 28.7. The highest BCUT2D eigenvalue weighted by molar-refractivity contribution is 6.03. The van der Waals surface area contributed by atoms with E-state index in [0.29, 0.717) is 0 Å². The summed E-state index contributed by atoms with van der Waals surface area (Å²) in [5, 5.41) is 0. The number of benzene rings is 1. The summed E-state index contributed by atoms with van der Waals surface area (Å²) in [6.45, 7) is 4.09. The molecule has 0 aromatic heterocycles. The van der Waals surface area contributed by atoms with Gasteiger partial charge in [0.1, 0.15) is 11.8 Å². The molecule has 1 aliphatic rings. The summed E-state index contributed by atoms with van der Waals surface area (Å²) >= 11 is 0. The van der Waals surface area contributed by atoms with Crippen molar-refractivity contribution in [3.63, 3.8) is 0 Å². The van der Waals surface area contributed by atoms with Crippen LogP contribution in [-0.2, 0) is 19.1 Å². The molecule has 23 heavy (non-hydrogen) atoms. The number of carbonyl (C=O) groups is 3. The standard InChI is InChI=1S/C15H16FNO6/c1-4-21-15(20)8(2)17-11-6-12(23-9(3)18)10(16)5-13(11)22-7-14(17)19/h5-6,8H,4,7H2,1-3H3. The van der Waals surface area contributed by atoms with Crippen molar-refractivity contribution >= 4 is 23.5 Å². The Morgan fingerprint density at radius 1 is 1.43 bits per heavy atom. The lowest BCUT2D eigenvalue weighted by Gasteiger charge is -2.33. The number of hydrogen-bond donors (Lipinski definition) is 0. The summed E-state index contributed by atoms with van der Waals surface area (Å²) in [4.78, 5) is 36.2. The number of carbonyl (C=O) groups excluding carboxylic acids is 3. The van der Waals surface area contributed by atoms with Crippen LogP contribution in [0.4, 0.5) is 10.1 Å². The highest BCUT2D eigenvalue weighted by Gasteiger charge is 2.35. The van der Waals surface area contributed by atoms with Gasteiger partial charge in [-0.05, 0) is 13.8 Å². The topological polar surface area (TPSA) is 82.1 Å². The smallest absolute Gasteiger partial charge is 0.328 e. The van der Waals surface area contributed by atoms with E-state index in [1.165, 1.54) is 6.92 Å². The predicted molar refractivity (Wildman–Crippen MR) is 76.8 cm³/mol. The largest absolute Gasteiger partial charge is 0.481 e. The van der Waals surface area contributed by atoms with E-state index in [0.717, 1.165) is 24.0 Å². The molecular formula is C15H16FNO6. The first kappa shape index (κ1) is 16.7. The van der Waals surface area contributed by atoms with Crippen LogP contribution in [0.1, 0.15) is 20.8 Å². The molecule has 0 aliphatic carbocycles. The molecule has 0 saturated carbocycles. The lowest BCUT2D eigenvalue weighted by atomic mass is 10.1. The predicted octanol–water partition coefficient (Wildman–Crippen LogP) is 1.43. The second kappa shape index (κ2) is 6.64. The SMILES string of the molecule is CCOC(=O)C(C)N1C(=O)COc2cc(F)c(OC(C)=O)cc21. The van der Waals surface area contributed by atoms with E-state index >= 15 is 0 Å². The molecule has 0 N–H and O–H groups in total. The van der Waals surface area contributed by atoms with Gasteiger partial charge in [0.2, 0.25) is 0 Å². The van der Waals surface area contributed by atoms with Crippen LogP contribution >= 0.6 is 0 Å². The van der Waals surface area contributed by atoms with E-state index < -0.39 is 29.7 Å². The van der Waals surface area contributed by atoms with Crippen molar-refractivity contribution < 1.29 is 33.0 Å². The maximum absolute atomic E-state index is 13.9. The number of halogens is 1. The van der Waals surface area contributed by atoms with Crippen molar-refractivity contribution in [1.29, 1.82) is 0 Å². The van der Waals surface area contributed by atoms with Crippen LogP contribution in [0.25, 0.3) is 0 Å². The third kappa shape index (κ3) is 3.41. The molecule has 0 fully saturated rings. The van der Waals surface area contributed by atoms with Crippen LogP contribution in [-0.4, -0.2) is 37.1 Å². The van der Waals surface area contributed by atoms with Crippen molar-refractivity contribution in [2.45, 2.75) is 26.8 Å². The number of anilines is 1. The van der Waals surface area contributed by atoms with Gasteiger partial charge in [0.15, 0.2) is 18.2 Å². The second-order valence-corrected chi connectivity index (χ2v) is 4.82. The Morgan fingerprint density at radius 3 is 2.74 bits per heavy atom. The monoisotopic (exact) mass is 325 g/mol. The lowest BCUT2D eigenvalue weighted by Crippen LogP contribution is -2.48. The number of rotatable bonds is 4. The summed E-state index contributed by atoms with van der Waals surface area (Å²) in [6, 6.07) is 1.23. The molecule has 7 nitrogen and oxygen atoms in total. The Bertz CT molecular complexity index is 660. The molecule has 1 aromatic rings. The third-order valence-electron chi connectivity index (χ3n) is 3.16. The summed E-state index contributed by atoms with van der Waals surface area (Å²) in [6.07, 6.45) is 0. The molecule has 0 bridgehead atoms. The van der Waals surface area contributed by atoms with Crippen molar-refractivity contribution in [2.24, 2.45) is 0 Å². The average molecular weight is 325 g/mol. The van der Waals surface area contributed by atoms with Crippen LogP contribution < -0.4 is 14.4 Å². The minimum atomic E-state index is -0.930. The lowest BCUT2D eigenvalue weighted by molar-refractivity contribution is -0.145. The van der Waals surface area contributed by atoms with Crippen LogP contribution in [0.5, 0.6) is 11.5 Å². The molecule has 0 spiro atoms. The number of nitrogens with zero attached hydrogens (tertiary/aromatic N) is 1. The molecule has 1 atom stereocenters. The fourth-order valence-electron chi connectivity index (χ4n) is 2.20. The maximum atomic E-state index is 13.9. The van der Waals surface area contributed by atoms with Crippen LogP contribution in [0.3, 0.4) is 0 Å². The number of fused-ring (bicyclic) bond motifs is 1. The van der Waals surface area contributed by atoms with Crippen molar-refractivity contribution in [1.82, 2.24) is 0 Å². The Balaban J connectivity index is 2.45. The number of amides is 1. The molecule has 0 saturated heterocycles. The first-order valence-corrected chi connectivity index (χ1v) is 6.98. The maximum Gasteiger partial charge on any atom is 0.328 e. The molecule has 1 unspecified atom stereocenters. The summed E-state index contributed by atoms with van der Waals surface area (Å²) in [5.41, 5.74) is 0.138. The first-order chi connectivity index (χ1) is 10.8. The summed E-state index contributed by atoms with van der Waals surface area (Å²) in [7, 11) is 0. The highest BCUT2D eigenvalue weighted by atomic mass is 19.1. The van der Waals surface area contributed by atoms with Gasteiger partial charge in [0.05, 0.1) is 12.3 Å². The Labute approximate surface area is 131 Å². The molecule has 8 heteroatoms. The van der Waals surface area contributed by atoms with Gasteiger partial charge in [-0.15, -0.1) is 0 Å². The van der Waals surface area contributed by atoms with Gasteiger partial charge in [0, 0.05) is 19.1 Å². The average Bonchev–Trinajstić information content (AvgIpc) is 2.47. The molecule has 1 aromatic carbocycles. The molecule has 1 amide bonds. The zero-order valence-corrected chi connectivity index (χ0v) is 12.9. The molecule has 2 rings (SSSR count).